The van der Waals surface area contributed by atoms with Crippen LogP contribution in [0, 0.1) is 0 Å². The summed E-state index contributed by atoms with van der Waals surface area (Å²) in [4.78, 5) is 3.10. The van der Waals surface area contributed by atoms with Crippen molar-refractivity contribution in [2.45, 2.75) is 13.1 Å². The van der Waals surface area contributed by atoms with E-state index < -0.39 is 11.9 Å². The second-order valence-corrected chi connectivity index (χ2v) is 1.99. The maximum atomic E-state index is 11.9. The van der Waals surface area contributed by atoms with E-state index in [1.165, 1.54) is 12.2 Å². The lowest BCUT2D eigenvalue weighted by Gasteiger charge is -2.03. The van der Waals surface area contributed by atoms with Crippen LogP contribution in [0.4, 0.5) is 13.2 Å². The number of allylic oxidation sites excluding steroid dienone is 4. The molecule has 0 unspecified atom stereocenters. The molecule has 0 aliphatic heterocycles. The predicted molar refractivity (Wildman–Crippen MR) is 43.4 cm³/mol. The molecule has 0 saturated carbocycles. The molecule has 0 bridgehead atoms. The van der Waals surface area contributed by atoms with Gasteiger partial charge in [-0.25, -0.2) is 0 Å². The Bertz CT molecular complexity index is 211. The van der Waals surface area contributed by atoms with Crippen molar-refractivity contribution in [1.82, 2.24) is 0 Å². The Kier molecular flexibility index (Phi) is 4.33. The Morgan fingerprint density at radius 1 is 1.25 bits per heavy atom. The van der Waals surface area contributed by atoms with E-state index in [4.69, 9.17) is 0 Å². The number of halogens is 3. The summed E-state index contributed by atoms with van der Waals surface area (Å²) in [5.74, 6) is 0. The molecule has 0 aromatic rings. The van der Waals surface area contributed by atoms with Crippen molar-refractivity contribution in [2.24, 2.45) is 4.99 Å². The van der Waals surface area contributed by atoms with Gasteiger partial charge in [-0.2, -0.15) is 13.2 Å². The SMILES string of the molecule is C/C=C/C=C\C(=NC)C(F)(F)F. The highest BCUT2D eigenvalue weighted by Gasteiger charge is 2.32. The summed E-state index contributed by atoms with van der Waals surface area (Å²) < 4.78 is 35.8. The van der Waals surface area contributed by atoms with Crippen LogP contribution in [0.3, 0.4) is 0 Å². The van der Waals surface area contributed by atoms with Gasteiger partial charge in [-0.1, -0.05) is 18.2 Å². The minimum Gasteiger partial charge on any atom is -0.284 e. The molecule has 4 heteroatoms. The summed E-state index contributed by atoms with van der Waals surface area (Å²) >= 11 is 0. The summed E-state index contributed by atoms with van der Waals surface area (Å²) in [5.41, 5.74) is -0.874. The fourth-order valence-electron chi connectivity index (χ4n) is 0.554. The number of hydrogen-bond donors (Lipinski definition) is 0. The maximum absolute atomic E-state index is 11.9. The second-order valence-electron chi connectivity index (χ2n) is 1.99. The smallest absolute Gasteiger partial charge is 0.284 e. The molecule has 0 aromatic heterocycles. The lowest BCUT2D eigenvalue weighted by Crippen LogP contribution is -2.20. The quantitative estimate of drug-likeness (QED) is 0.454. The molecule has 0 fully saturated rings. The highest BCUT2D eigenvalue weighted by Crippen LogP contribution is 2.17. The summed E-state index contributed by atoms with van der Waals surface area (Å²) in [6.45, 7) is 1.72. The molecule has 0 saturated heterocycles. The van der Waals surface area contributed by atoms with Gasteiger partial charge in [0.2, 0.25) is 0 Å². The number of rotatable bonds is 2. The van der Waals surface area contributed by atoms with Crippen LogP contribution in [0.15, 0.2) is 29.3 Å². The van der Waals surface area contributed by atoms with Gasteiger partial charge >= 0.3 is 6.18 Å². The van der Waals surface area contributed by atoms with Crippen LogP contribution in [0.1, 0.15) is 6.92 Å². The van der Waals surface area contributed by atoms with Crippen molar-refractivity contribution in [3.8, 4) is 0 Å². The lowest BCUT2D eigenvalue weighted by atomic mass is 10.3. The fraction of sp³-hybridized carbons (Fsp3) is 0.375. The topological polar surface area (TPSA) is 12.4 Å². The molecule has 0 N–H and O–H groups in total. The van der Waals surface area contributed by atoms with Gasteiger partial charge in [0.1, 0.15) is 5.71 Å². The van der Waals surface area contributed by atoms with Gasteiger partial charge in [-0.3, -0.25) is 4.99 Å². The van der Waals surface area contributed by atoms with E-state index in [0.717, 1.165) is 13.1 Å². The van der Waals surface area contributed by atoms with Crippen LogP contribution in [0.25, 0.3) is 0 Å². The minimum atomic E-state index is -4.35. The van der Waals surface area contributed by atoms with Crippen LogP contribution in [0.2, 0.25) is 0 Å². The third-order valence-corrected chi connectivity index (χ3v) is 1.09. The van der Waals surface area contributed by atoms with Gasteiger partial charge in [-0.15, -0.1) is 0 Å². The standard InChI is InChI=1S/C8H10F3N/c1-3-4-5-6-7(12-2)8(9,10)11/h3-6H,1-2H3/b4-3+,6-5-,12-7?. The minimum absolute atomic E-state index is 0.874. The third-order valence-electron chi connectivity index (χ3n) is 1.09. The van der Waals surface area contributed by atoms with Gasteiger partial charge in [0.15, 0.2) is 0 Å². The Hall–Kier alpha value is -1.06. The van der Waals surface area contributed by atoms with Crippen LogP contribution in [0.5, 0.6) is 0 Å². The largest absolute Gasteiger partial charge is 0.432 e. The molecular weight excluding hydrogens is 167 g/mol. The first-order valence-electron chi connectivity index (χ1n) is 3.35. The van der Waals surface area contributed by atoms with Crippen molar-refractivity contribution in [3.63, 3.8) is 0 Å². The van der Waals surface area contributed by atoms with Gasteiger partial charge in [0.05, 0.1) is 0 Å². The molecule has 1 nitrogen and oxygen atoms in total. The first kappa shape index (κ1) is 10.9. The van der Waals surface area contributed by atoms with E-state index in [0.29, 0.717) is 0 Å². The van der Waals surface area contributed by atoms with Crippen LogP contribution < -0.4 is 0 Å². The first-order chi connectivity index (χ1) is 5.52. The number of hydrogen-bond acceptors (Lipinski definition) is 1. The molecule has 68 valence electrons. The first-order valence-corrected chi connectivity index (χ1v) is 3.35. The van der Waals surface area contributed by atoms with E-state index in [2.05, 4.69) is 4.99 Å². The highest BCUT2D eigenvalue weighted by molar-refractivity contribution is 5.99. The zero-order valence-electron chi connectivity index (χ0n) is 6.89. The van der Waals surface area contributed by atoms with Crippen molar-refractivity contribution in [3.05, 3.63) is 24.3 Å². The van der Waals surface area contributed by atoms with E-state index in [9.17, 15) is 13.2 Å². The molecule has 0 aliphatic rings. The fourth-order valence-corrected chi connectivity index (χ4v) is 0.554. The van der Waals surface area contributed by atoms with Crippen LogP contribution in [-0.4, -0.2) is 18.9 Å². The normalized spacial score (nSPS) is 14.9. The third kappa shape index (κ3) is 3.95. The predicted octanol–water partition coefficient (Wildman–Crippen LogP) is 2.75. The number of nitrogens with zero attached hydrogens (tertiary/aromatic N) is 1. The molecule has 0 spiro atoms. The van der Waals surface area contributed by atoms with E-state index >= 15 is 0 Å². The Morgan fingerprint density at radius 2 is 1.83 bits per heavy atom. The Balaban J connectivity index is 4.41. The van der Waals surface area contributed by atoms with E-state index in [-0.39, 0.29) is 0 Å². The average Bonchev–Trinajstić information content (AvgIpc) is 1.95. The number of alkyl halides is 3. The van der Waals surface area contributed by atoms with Gasteiger partial charge < -0.3 is 0 Å². The van der Waals surface area contributed by atoms with Gasteiger partial charge in [0.25, 0.3) is 0 Å². The van der Waals surface area contributed by atoms with Crippen molar-refractivity contribution < 1.29 is 13.2 Å². The molecular formula is C8H10F3N. The molecule has 12 heavy (non-hydrogen) atoms. The molecule has 0 aliphatic carbocycles. The van der Waals surface area contributed by atoms with Gasteiger partial charge in [0, 0.05) is 7.05 Å². The zero-order valence-corrected chi connectivity index (χ0v) is 6.89. The zero-order chi connectivity index (χ0) is 9.61. The Labute approximate surface area is 69.3 Å². The highest BCUT2D eigenvalue weighted by atomic mass is 19.4. The molecule has 0 heterocycles. The molecule has 0 radical (unpaired) electrons. The maximum Gasteiger partial charge on any atom is 0.432 e. The van der Waals surface area contributed by atoms with E-state index in [1.54, 1.807) is 13.0 Å². The monoisotopic (exact) mass is 177 g/mol. The van der Waals surface area contributed by atoms with Crippen molar-refractivity contribution in [1.29, 1.82) is 0 Å². The van der Waals surface area contributed by atoms with E-state index in [1.807, 2.05) is 0 Å². The van der Waals surface area contributed by atoms with Crippen molar-refractivity contribution in [2.75, 3.05) is 7.05 Å². The second kappa shape index (κ2) is 4.74. The lowest BCUT2D eigenvalue weighted by molar-refractivity contribution is -0.0577. The summed E-state index contributed by atoms with van der Waals surface area (Å²) in [6.07, 6.45) is 1.03. The summed E-state index contributed by atoms with van der Waals surface area (Å²) in [5, 5.41) is 0. The van der Waals surface area contributed by atoms with Gasteiger partial charge in [-0.05, 0) is 13.0 Å². The molecule has 0 amide bonds. The van der Waals surface area contributed by atoms with Crippen LogP contribution in [-0.2, 0) is 0 Å². The van der Waals surface area contributed by atoms with Crippen LogP contribution >= 0.6 is 0 Å². The Morgan fingerprint density at radius 3 is 2.17 bits per heavy atom. The summed E-state index contributed by atoms with van der Waals surface area (Å²) in [6, 6.07) is 0. The van der Waals surface area contributed by atoms with Crippen molar-refractivity contribution >= 4 is 5.71 Å². The molecule has 0 aromatic carbocycles. The molecule has 0 rings (SSSR count). The number of aliphatic imine (C=N–C) groups is 1. The molecule has 0 atom stereocenters. The summed E-state index contributed by atoms with van der Waals surface area (Å²) in [7, 11) is 1.11. The average molecular weight is 177 g/mol.